The number of aliphatic hydroxyl groups excluding tert-OH is 2. The first-order chi connectivity index (χ1) is 5.24. The van der Waals surface area contributed by atoms with Gasteiger partial charge in [-0.3, -0.25) is 0 Å². The van der Waals surface area contributed by atoms with E-state index in [1.54, 1.807) is 0 Å². The van der Waals surface area contributed by atoms with E-state index < -0.39 is 0 Å². The van der Waals surface area contributed by atoms with E-state index >= 15 is 0 Å². The van der Waals surface area contributed by atoms with Crippen LogP contribution in [0.2, 0.25) is 0 Å². The summed E-state index contributed by atoms with van der Waals surface area (Å²) in [5, 5.41) is 19.0. The molecular weight excluding hydrogens is 140 g/mol. The van der Waals surface area contributed by atoms with E-state index in [2.05, 4.69) is 6.58 Å². The Morgan fingerprint density at radius 3 is 2.27 bits per heavy atom. The molecule has 2 aliphatic carbocycles. The Labute approximate surface area is 66.5 Å². The molecule has 5 atom stereocenters. The molecule has 0 aromatic carbocycles. The highest BCUT2D eigenvalue weighted by atomic mass is 16.3. The monoisotopic (exact) mass is 154 g/mol. The van der Waals surface area contributed by atoms with Gasteiger partial charge in [-0.1, -0.05) is 6.08 Å². The van der Waals surface area contributed by atoms with Crippen LogP contribution in [0.3, 0.4) is 0 Å². The van der Waals surface area contributed by atoms with Gasteiger partial charge in [-0.25, -0.2) is 0 Å². The lowest BCUT2D eigenvalue weighted by Gasteiger charge is -2.20. The molecule has 2 saturated carbocycles. The van der Waals surface area contributed by atoms with Gasteiger partial charge in [0.15, 0.2) is 0 Å². The molecule has 2 aliphatic rings. The zero-order valence-electron chi connectivity index (χ0n) is 6.48. The van der Waals surface area contributed by atoms with Crippen molar-refractivity contribution in [2.45, 2.75) is 25.0 Å². The molecule has 2 fully saturated rings. The first kappa shape index (κ1) is 7.32. The third kappa shape index (κ3) is 0.861. The molecule has 11 heavy (non-hydrogen) atoms. The van der Waals surface area contributed by atoms with Crippen molar-refractivity contribution in [3.63, 3.8) is 0 Å². The van der Waals surface area contributed by atoms with Gasteiger partial charge in [0.05, 0.1) is 12.2 Å². The lowest BCUT2D eigenvalue weighted by molar-refractivity contribution is 0.0727. The van der Waals surface area contributed by atoms with Gasteiger partial charge in [-0.05, 0) is 24.7 Å². The highest BCUT2D eigenvalue weighted by Gasteiger charge is 2.50. The van der Waals surface area contributed by atoms with Crippen LogP contribution in [0, 0.1) is 17.8 Å². The molecule has 0 radical (unpaired) electrons. The number of allylic oxidation sites excluding steroid dienone is 1. The van der Waals surface area contributed by atoms with Gasteiger partial charge in [0.25, 0.3) is 0 Å². The van der Waals surface area contributed by atoms with E-state index in [1.165, 1.54) is 0 Å². The van der Waals surface area contributed by atoms with E-state index in [0.717, 1.165) is 12.8 Å². The number of fused-ring (bicyclic) bond motifs is 2. The van der Waals surface area contributed by atoms with Crippen LogP contribution in [0.5, 0.6) is 0 Å². The van der Waals surface area contributed by atoms with E-state index in [0.29, 0.717) is 5.92 Å². The topological polar surface area (TPSA) is 40.5 Å². The van der Waals surface area contributed by atoms with Crippen molar-refractivity contribution in [2.75, 3.05) is 0 Å². The summed E-state index contributed by atoms with van der Waals surface area (Å²) < 4.78 is 0. The van der Waals surface area contributed by atoms with Crippen molar-refractivity contribution in [1.29, 1.82) is 0 Å². The highest BCUT2D eigenvalue weighted by Crippen LogP contribution is 2.48. The van der Waals surface area contributed by atoms with Crippen molar-refractivity contribution in [3.05, 3.63) is 12.7 Å². The standard InChI is InChI=1S/C9H14O2/c1-2-5-3-7-8(10)4-6(5)9(7)11/h2,5-11H,1,3-4H2. The molecule has 0 heterocycles. The number of rotatable bonds is 1. The fraction of sp³-hybridized carbons (Fsp3) is 0.778. The van der Waals surface area contributed by atoms with Gasteiger partial charge in [0, 0.05) is 5.92 Å². The van der Waals surface area contributed by atoms with Gasteiger partial charge < -0.3 is 10.2 Å². The van der Waals surface area contributed by atoms with Crippen molar-refractivity contribution in [1.82, 2.24) is 0 Å². The zero-order valence-corrected chi connectivity index (χ0v) is 6.48. The summed E-state index contributed by atoms with van der Waals surface area (Å²) in [5.41, 5.74) is 0. The normalized spacial score (nSPS) is 54.9. The Morgan fingerprint density at radius 2 is 1.91 bits per heavy atom. The predicted molar refractivity (Wildman–Crippen MR) is 41.9 cm³/mol. The van der Waals surface area contributed by atoms with Crippen molar-refractivity contribution < 1.29 is 10.2 Å². The number of hydrogen-bond donors (Lipinski definition) is 2. The van der Waals surface area contributed by atoms with E-state index in [-0.39, 0.29) is 24.0 Å². The molecule has 5 unspecified atom stereocenters. The molecule has 2 rings (SSSR count). The van der Waals surface area contributed by atoms with Gasteiger partial charge in [-0.2, -0.15) is 0 Å². The van der Waals surface area contributed by atoms with Crippen LogP contribution in [0.15, 0.2) is 12.7 Å². The third-order valence-corrected chi connectivity index (χ3v) is 3.28. The first-order valence-corrected chi connectivity index (χ1v) is 4.22. The summed E-state index contributed by atoms with van der Waals surface area (Å²) in [5.74, 6) is 0.855. The van der Waals surface area contributed by atoms with Crippen LogP contribution in [0.4, 0.5) is 0 Å². The SMILES string of the molecule is C=CC1CC2C(O)CC1C2O. The Balaban J connectivity index is 2.16. The van der Waals surface area contributed by atoms with Crippen LogP contribution in [-0.2, 0) is 0 Å². The zero-order chi connectivity index (χ0) is 8.01. The molecule has 2 bridgehead atoms. The van der Waals surface area contributed by atoms with Gasteiger partial charge in [-0.15, -0.1) is 6.58 Å². The second kappa shape index (κ2) is 2.32. The number of hydrogen-bond acceptors (Lipinski definition) is 2. The molecule has 0 amide bonds. The Morgan fingerprint density at radius 1 is 1.18 bits per heavy atom. The minimum atomic E-state index is -0.270. The molecule has 2 nitrogen and oxygen atoms in total. The van der Waals surface area contributed by atoms with E-state index in [1.807, 2.05) is 6.08 Å². The molecule has 0 saturated heterocycles. The average Bonchev–Trinajstić information content (AvgIpc) is 2.43. The number of aliphatic hydroxyl groups is 2. The smallest absolute Gasteiger partial charge is 0.0628 e. The molecular formula is C9H14O2. The Kier molecular flexibility index (Phi) is 1.55. The molecule has 0 aromatic heterocycles. The van der Waals surface area contributed by atoms with Crippen molar-refractivity contribution >= 4 is 0 Å². The fourth-order valence-corrected chi connectivity index (χ4v) is 2.62. The second-order valence-electron chi connectivity index (χ2n) is 3.76. The minimum Gasteiger partial charge on any atom is -0.393 e. The molecule has 0 aromatic rings. The fourth-order valence-electron chi connectivity index (χ4n) is 2.62. The molecule has 62 valence electrons. The maximum atomic E-state index is 9.59. The average molecular weight is 154 g/mol. The highest BCUT2D eigenvalue weighted by molar-refractivity contribution is 5.06. The van der Waals surface area contributed by atoms with Crippen LogP contribution in [0.25, 0.3) is 0 Å². The molecule has 0 aliphatic heterocycles. The summed E-state index contributed by atoms with van der Waals surface area (Å²) in [7, 11) is 0. The summed E-state index contributed by atoms with van der Waals surface area (Å²) in [6, 6.07) is 0. The largest absolute Gasteiger partial charge is 0.393 e. The van der Waals surface area contributed by atoms with Crippen LogP contribution in [-0.4, -0.2) is 22.4 Å². The third-order valence-electron chi connectivity index (χ3n) is 3.28. The van der Waals surface area contributed by atoms with Gasteiger partial charge >= 0.3 is 0 Å². The van der Waals surface area contributed by atoms with E-state index in [9.17, 15) is 10.2 Å². The molecule has 0 spiro atoms. The van der Waals surface area contributed by atoms with Crippen LogP contribution >= 0.6 is 0 Å². The summed E-state index contributed by atoms with van der Waals surface area (Å²) in [6.07, 6.45) is 3.08. The quantitative estimate of drug-likeness (QED) is 0.541. The lowest BCUT2D eigenvalue weighted by Crippen LogP contribution is -2.20. The Bertz CT molecular complexity index is 178. The summed E-state index contributed by atoms with van der Waals surface area (Å²) in [6.45, 7) is 3.73. The van der Waals surface area contributed by atoms with Gasteiger partial charge in [0.2, 0.25) is 0 Å². The van der Waals surface area contributed by atoms with Crippen molar-refractivity contribution in [2.24, 2.45) is 17.8 Å². The summed E-state index contributed by atoms with van der Waals surface area (Å²) in [4.78, 5) is 0. The van der Waals surface area contributed by atoms with Crippen molar-refractivity contribution in [3.8, 4) is 0 Å². The minimum absolute atomic E-state index is 0.128. The predicted octanol–water partition coefficient (Wildman–Crippen LogP) is 0.550. The Hall–Kier alpha value is -0.340. The lowest BCUT2D eigenvalue weighted by atomic mass is 9.87. The first-order valence-electron chi connectivity index (χ1n) is 4.22. The van der Waals surface area contributed by atoms with Crippen LogP contribution < -0.4 is 0 Å². The molecule has 2 heteroatoms. The molecule has 2 N–H and O–H groups in total. The van der Waals surface area contributed by atoms with Crippen LogP contribution in [0.1, 0.15) is 12.8 Å². The second-order valence-corrected chi connectivity index (χ2v) is 3.76. The van der Waals surface area contributed by atoms with E-state index in [4.69, 9.17) is 0 Å². The maximum Gasteiger partial charge on any atom is 0.0628 e. The summed E-state index contributed by atoms with van der Waals surface area (Å²) >= 11 is 0. The van der Waals surface area contributed by atoms with Gasteiger partial charge in [0.1, 0.15) is 0 Å². The maximum absolute atomic E-state index is 9.59.